The summed E-state index contributed by atoms with van der Waals surface area (Å²) in [6.45, 7) is 0. The van der Waals surface area contributed by atoms with Crippen LogP contribution in [0.5, 0.6) is 0 Å². The van der Waals surface area contributed by atoms with Crippen LogP contribution < -0.4 is 10.2 Å². The number of hydrogen-bond acceptors (Lipinski definition) is 3. The monoisotopic (exact) mass is 276 g/mol. The Morgan fingerprint density at radius 1 is 1.16 bits per heavy atom. The highest BCUT2D eigenvalue weighted by Gasteiger charge is 2.41. The van der Waals surface area contributed by atoms with Crippen LogP contribution in [0.15, 0.2) is 41.8 Å². The van der Waals surface area contributed by atoms with Crippen LogP contribution in [0.3, 0.4) is 0 Å². The molecule has 1 aliphatic rings. The van der Waals surface area contributed by atoms with E-state index < -0.39 is 23.8 Å². The van der Waals surface area contributed by atoms with Gasteiger partial charge in [-0.15, -0.1) is 11.3 Å². The molecule has 3 amide bonds. The number of nitrogens with zero attached hydrogens (tertiary/aromatic N) is 1. The SMILES string of the molecule is O=C1NC(c2cccs2)C(=O)N1c1ccccc1F. The van der Waals surface area contributed by atoms with Crippen molar-refractivity contribution in [3.8, 4) is 0 Å². The molecule has 1 aromatic heterocycles. The normalized spacial score (nSPS) is 18.8. The Kier molecular flexibility index (Phi) is 2.79. The molecule has 1 saturated heterocycles. The molecule has 6 heteroatoms. The highest BCUT2D eigenvalue weighted by atomic mass is 32.1. The largest absolute Gasteiger partial charge is 0.329 e. The zero-order chi connectivity index (χ0) is 13.4. The number of para-hydroxylation sites is 1. The van der Waals surface area contributed by atoms with Crippen LogP contribution in [0.2, 0.25) is 0 Å². The molecule has 4 nitrogen and oxygen atoms in total. The van der Waals surface area contributed by atoms with E-state index in [0.29, 0.717) is 0 Å². The fourth-order valence-electron chi connectivity index (χ4n) is 1.99. The lowest BCUT2D eigenvalue weighted by molar-refractivity contribution is -0.118. The molecule has 0 bridgehead atoms. The number of benzene rings is 1. The topological polar surface area (TPSA) is 49.4 Å². The average Bonchev–Trinajstić information content (AvgIpc) is 3.00. The Morgan fingerprint density at radius 3 is 2.63 bits per heavy atom. The third-order valence-electron chi connectivity index (χ3n) is 2.86. The minimum atomic E-state index is -0.730. The van der Waals surface area contributed by atoms with Gasteiger partial charge in [0.2, 0.25) is 0 Å². The molecule has 1 aromatic carbocycles. The van der Waals surface area contributed by atoms with E-state index in [9.17, 15) is 14.0 Å². The van der Waals surface area contributed by atoms with Crippen molar-refractivity contribution in [2.24, 2.45) is 0 Å². The minimum Gasteiger partial charge on any atom is -0.321 e. The lowest BCUT2D eigenvalue weighted by Gasteiger charge is -2.13. The predicted octanol–water partition coefficient (Wildman–Crippen LogP) is 2.68. The molecule has 3 rings (SSSR count). The number of carbonyl (C=O) groups excluding carboxylic acids is 2. The second kappa shape index (κ2) is 4.47. The molecule has 2 aromatic rings. The van der Waals surface area contributed by atoms with Crippen LogP contribution in [0.4, 0.5) is 14.9 Å². The molecule has 0 radical (unpaired) electrons. The van der Waals surface area contributed by atoms with Crippen molar-refractivity contribution in [3.63, 3.8) is 0 Å². The Bertz CT molecular complexity index is 642. The van der Waals surface area contributed by atoms with Crippen LogP contribution in [0.1, 0.15) is 10.9 Å². The number of anilines is 1. The standard InChI is InChI=1S/C13H9FN2O2S/c14-8-4-1-2-5-9(8)16-12(17)11(15-13(16)18)10-6-3-7-19-10/h1-7,11H,(H,15,18). The molecule has 0 aliphatic carbocycles. The third-order valence-corrected chi connectivity index (χ3v) is 3.80. The van der Waals surface area contributed by atoms with Gasteiger partial charge in [-0.25, -0.2) is 14.1 Å². The quantitative estimate of drug-likeness (QED) is 0.857. The maximum atomic E-state index is 13.7. The number of urea groups is 1. The van der Waals surface area contributed by atoms with Gasteiger partial charge in [0.25, 0.3) is 5.91 Å². The Balaban J connectivity index is 1.99. The number of imide groups is 1. The first-order chi connectivity index (χ1) is 9.18. The van der Waals surface area contributed by atoms with Gasteiger partial charge in [-0.05, 0) is 23.6 Å². The van der Waals surface area contributed by atoms with Crippen molar-refractivity contribution < 1.29 is 14.0 Å². The molecule has 1 atom stereocenters. The van der Waals surface area contributed by atoms with E-state index in [0.717, 1.165) is 9.78 Å². The van der Waals surface area contributed by atoms with E-state index in [-0.39, 0.29) is 5.69 Å². The molecule has 1 unspecified atom stereocenters. The summed E-state index contributed by atoms with van der Waals surface area (Å²) in [4.78, 5) is 25.7. The summed E-state index contributed by atoms with van der Waals surface area (Å²) in [5, 5.41) is 4.38. The maximum Gasteiger partial charge on any atom is 0.329 e. The van der Waals surface area contributed by atoms with Gasteiger partial charge in [0.1, 0.15) is 11.9 Å². The van der Waals surface area contributed by atoms with Crippen molar-refractivity contribution in [1.29, 1.82) is 0 Å². The molecule has 1 fully saturated rings. The zero-order valence-electron chi connectivity index (χ0n) is 9.67. The van der Waals surface area contributed by atoms with Crippen LogP contribution >= 0.6 is 11.3 Å². The molecular formula is C13H9FN2O2S. The number of thiophene rings is 1. The second-order valence-corrected chi connectivity index (χ2v) is 5.00. The Morgan fingerprint density at radius 2 is 1.95 bits per heavy atom. The van der Waals surface area contributed by atoms with Gasteiger partial charge in [0.15, 0.2) is 0 Å². The zero-order valence-corrected chi connectivity index (χ0v) is 10.5. The highest BCUT2D eigenvalue weighted by molar-refractivity contribution is 7.10. The van der Waals surface area contributed by atoms with E-state index in [1.54, 1.807) is 18.2 Å². The first-order valence-electron chi connectivity index (χ1n) is 5.61. The second-order valence-electron chi connectivity index (χ2n) is 4.02. The van der Waals surface area contributed by atoms with Gasteiger partial charge < -0.3 is 5.32 Å². The summed E-state index contributed by atoms with van der Waals surface area (Å²) in [6, 6.07) is 7.94. The minimum absolute atomic E-state index is 0.0240. The van der Waals surface area contributed by atoms with Gasteiger partial charge in [0.05, 0.1) is 5.69 Å². The van der Waals surface area contributed by atoms with Gasteiger partial charge in [0, 0.05) is 4.88 Å². The van der Waals surface area contributed by atoms with Crippen LogP contribution in [0.25, 0.3) is 0 Å². The number of amides is 3. The molecule has 0 saturated carbocycles. The van der Waals surface area contributed by atoms with Gasteiger partial charge in [-0.1, -0.05) is 18.2 Å². The number of carbonyl (C=O) groups is 2. The smallest absolute Gasteiger partial charge is 0.321 e. The van der Waals surface area contributed by atoms with Gasteiger partial charge in [-0.2, -0.15) is 0 Å². The molecule has 0 spiro atoms. The summed E-state index contributed by atoms with van der Waals surface area (Å²) < 4.78 is 13.7. The summed E-state index contributed by atoms with van der Waals surface area (Å²) in [6.07, 6.45) is 0. The summed E-state index contributed by atoms with van der Waals surface area (Å²) >= 11 is 1.37. The van der Waals surface area contributed by atoms with E-state index in [1.807, 2.05) is 5.38 Å². The lowest BCUT2D eigenvalue weighted by Crippen LogP contribution is -2.31. The Hall–Kier alpha value is -2.21. The molecule has 96 valence electrons. The van der Waals surface area contributed by atoms with Crippen LogP contribution in [-0.2, 0) is 4.79 Å². The van der Waals surface area contributed by atoms with E-state index >= 15 is 0 Å². The fraction of sp³-hybridized carbons (Fsp3) is 0.0769. The molecule has 2 heterocycles. The Labute approximate surface area is 112 Å². The molecule has 1 N–H and O–H groups in total. The molecule has 1 aliphatic heterocycles. The summed E-state index contributed by atoms with van der Waals surface area (Å²) in [5.74, 6) is -1.06. The predicted molar refractivity (Wildman–Crippen MR) is 69.5 cm³/mol. The average molecular weight is 276 g/mol. The van der Waals surface area contributed by atoms with Crippen molar-refractivity contribution >= 4 is 29.0 Å². The van der Waals surface area contributed by atoms with Gasteiger partial charge >= 0.3 is 6.03 Å². The first kappa shape index (κ1) is 11.9. The van der Waals surface area contributed by atoms with E-state index in [2.05, 4.69) is 5.32 Å². The number of hydrogen-bond donors (Lipinski definition) is 1. The van der Waals surface area contributed by atoms with Gasteiger partial charge in [-0.3, -0.25) is 4.79 Å². The summed E-state index contributed by atoms with van der Waals surface area (Å²) in [5.41, 5.74) is -0.0240. The lowest BCUT2D eigenvalue weighted by atomic mass is 10.2. The first-order valence-corrected chi connectivity index (χ1v) is 6.49. The summed E-state index contributed by atoms with van der Waals surface area (Å²) in [7, 11) is 0. The van der Waals surface area contributed by atoms with Crippen molar-refractivity contribution in [3.05, 3.63) is 52.5 Å². The molecular weight excluding hydrogens is 267 g/mol. The molecule has 19 heavy (non-hydrogen) atoms. The van der Waals surface area contributed by atoms with Crippen LogP contribution in [0, 0.1) is 5.82 Å². The van der Waals surface area contributed by atoms with Crippen molar-refractivity contribution in [2.75, 3.05) is 4.90 Å². The highest BCUT2D eigenvalue weighted by Crippen LogP contribution is 2.30. The van der Waals surface area contributed by atoms with E-state index in [4.69, 9.17) is 0 Å². The van der Waals surface area contributed by atoms with Crippen molar-refractivity contribution in [2.45, 2.75) is 6.04 Å². The number of nitrogens with one attached hydrogen (secondary N) is 1. The number of rotatable bonds is 2. The number of halogens is 1. The maximum absolute atomic E-state index is 13.7. The van der Waals surface area contributed by atoms with Crippen molar-refractivity contribution in [1.82, 2.24) is 5.32 Å². The van der Waals surface area contributed by atoms with E-state index in [1.165, 1.54) is 29.5 Å². The van der Waals surface area contributed by atoms with Crippen LogP contribution in [-0.4, -0.2) is 11.9 Å². The third kappa shape index (κ3) is 1.90. The fourth-order valence-corrected chi connectivity index (χ4v) is 2.76.